The Morgan fingerprint density at radius 1 is 1.38 bits per heavy atom. The van der Waals surface area contributed by atoms with Gasteiger partial charge in [-0.1, -0.05) is 13.8 Å². The molecular weight excluding hydrogens is 220 g/mol. The second-order valence-corrected chi connectivity index (χ2v) is 4.73. The highest BCUT2D eigenvalue weighted by molar-refractivity contribution is 7.98. The van der Waals surface area contributed by atoms with Crippen LogP contribution < -0.4 is 0 Å². The Labute approximate surface area is 102 Å². The molecule has 0 unspecified atom stereocenters. The molecule has 0 aliphatic rings. The topological polar surface area (TPSA) is 34.9 Å². The van der Waals surface area contributed by atoms with E-state index in [1.165, 1.54) is 0 Å². The molecule has 0 fully saturated rings. The lowest BCUT2D eigenvalue weighted by Gasteiger charge is -2.05. The summed E-state index contributed by atoms with van der Waals surface area (Å²) >= 11 is 1.80. The minimum Gasteiger partial charge on any atom is -0.294 e. The third-order valence-electron chi connectivity index (χ3n) is 2.66. The summed E-state index contributed by atoms with van der Waals surface area (Å²) in [5, 5.41) is 4.54. The average molecular weight is 240 g/mol. The summed E-state index contributed by atoms with van der Waals surface area (Å²) in [7, 11) is 0. The van der Waals surface area contributed by atoms with Gasteiger partial charge in [-0.15, -0.1) is 0 Å². The summed E-state index contributed by atoms with van der Waals surface area (Å²) < 4.78 is 2.01. The molecular formula is C12H20N2OS. The van der Waals surface area contributed by atoms with Crippen LogP contribution in [0.2, 0.25) is 0 Å². The van der Waals surface area contributed by atoms with Gasteiger partial charge < -0.3 is 0 Å². The number of hydrogen-bond donors (Lipinski definition) is 0. The molecule has 90 valence electrons. The molecule has 1 heterocycles. The SMILES string of the molecule is CCc1nn(CCSC)c(CC)c1C(C)=O. The summed E-state index contributed by atoms with van der Waals surface area (Å²) in [5.41, 5.74) is 2.90. The zero-order valence-electron chi connectivity index (χ0n) is 10.5. The summed E-state index contributed by atoms with van der Waals surface area (Å²) in [5.74, 6) is 1.18. The molecule has 0 spiro atoms. The van der Waals surface area contributed by atoms with Crippen molar-refractivity contribution in [1.82, 2.24) is 9.78 Å². The van der Waals surface area contributed by atoms with E-state index in [4.69, 9.17) is 0 Å². The number of carbonyl (C=O) groups is 1. The van der Waals surface area contributed by atoms with E-state index in [1.807, 2.05) is 11.6 Å². The van der Waals surface area contributed by atoms with Crippen molar-refractivity contribution in [2.75, 3.05) is 12.0 Å². The minimum atomic E-state index is 0.143. The molecule has 4 heteroatoms. The van der Waals surface area contributed by atoms with Crippen LogP contribution in [0.5, 0.6) is 0 Å². The highest BCUT2D eigenvalue weighted by Gasteiger charge is 2.18. The fourth-order valence-electron chi connectivity index (χ4n) is 1.93. The summed E-state index contributed by atoms with van der Waals surface area (Å²) in [6, 6.07) is 0. The van der Waals surface area contributed by atoms with Crippen LogP contribution in [-0.4, -0.2) is 27.6 Å². The number of ketones is 1. The van der Waals surface area contributed by atoms with Crippen LogP contribution in [0.1, 0.15) is 42.5 Å². The average Bonchev–Trinajstić information content (AvgIpc) is 2.63. The van der Waals surface area contributed by atoms with E-state index in [0.717, 1.165) is 42.1 Å². The Balaban J connectivity index is 3.13. The van der Waals surface area contributed by atoms with Gasteiger partial charge in [0.15, 0.2) is 5.78 Å². The van der Waals surface area contributed by atoms with Crippen molar-refractivity contribution < 1.29 is 4.79 Å². The largest absolute Gasteiger partial charge is 0.294 e. The second-order valence-electron chi connectivity index (χ2n) is 3.75. The quantitative estimate of drug-likeness (QED) is 0.717. The van der Waals surface area contributed by atoms with Crippen LogP contribution in [0.15, 0.2) is 0 Å². The molecule has 0 saturated heterocycles. The summed E-state index contributed by atoms with van der Waals surface area (Å²) in [6.07, 6.45) is 3.78. The number of aryl methyl sites for hydroxylation is 2. The van der Waals surface area contributed by atoms with Crippen LogP contribution in [0, 0.1) is 0 Å². The lowest BCUT2D eigenvalue weighted by molar-refractivity contribution is 0.101. The van der Waals surface area contributed by atoms with Crippen molar-refractivity contribution >= 4 is 17.5 Å². The van der Waals surface area contributed by atoms with Gasteiger partial charge >= 0.3 is 0 Å². The van der Waals surface area contributed by atoms with Crippen LogP contribution in [0.4, 0.5) is 0 Å². The molecule has 0 amide bonds. The van der Waals surface area contributed by atoms with Gasteiger partial charge in [0, 0.05) is 11.4 Å². The molecule has 1 aromatic heterocycles. The van der Waals surface area contributed by atoms with E-state index in [-0.39, 0.29) is 5.78 Å². The molecule has 0 radical (unpaired) electrons. The maximum Gasteiger partial charge on any atom is 0.163 e. The van der Waals surface area contributed by atoms with E-state index in [2.05, 4.69) is 18.3 Å². The van der Waals surface area contributed by atoms with Gasteiger partial charge in [0.1, 0.15) is 0 Å². The van der Waals surface area contributed by atoms with E-state index in [9.17, 15) is 4.79 Å². The van der Waals surface area contributed by atoms with E-state index < -0.39 is 0 Å². The van der Waals surface area contributed by atoms with Gasteiger partial charge in [0.2, 0.25) is 0 Å². The molecule has 3 nitrogen and oxygen atoms in total. The third kappa shape index (κ3) is 2.67. The van der Waals surface area contributed by atoms with Crippen LogP contribution in [0.3, 0.4) is 0 Å². The van der Waals surface area contributed by atoms with Crippen molar-refractivity contribution in [3.63, 3.8) is 0 Å². The van der Waals surface area contributed by atoms with E-state index >= 15 is 0 Å². The second kappa shape index (κ2) is 6.09. The number of carbonyl (C=O) groups excluding carboxylic acids is 1. The Morgan fingerprint density at radius 3 is 2.50 bits per heavy atom. The molecule has 1 rings (SSSR count). The number of nitrogens with zero attached hydrogens (tertiary/aromatic N) is 2. The van der Waals surface area contributed by atoms with Gasteiger partial charge in [-0.05, 0) is 26.0 Å². The molecule has 0 aliphatic carbocycles. The molecule has 0 bridgehead atoms. The van der Waals surface area contributed by atoms with Crippen molar-refractivity contribution in [3.05, 3.63) is 17.0 Å². The summed E-state index contributed by atoms with van der Waals surface area (Å²) in [4.78, 5) is 11.6. The van der Waals surface area contributed by atoms with E-state index in [0.29, 0.717) is 0 Å². The van der Waals surface area contributed by atoms with Crippen molar-refractivity contribution in [1.29, 1.82) is 0 Å². The zero-order chi connectivity index (χ0) is 12.1. The standard InChI is InChI=1S/C12H20N2OS/c1-5-10-12(9(3)15)11(6-2)14(13-10)7-8-16-4/h5-8H2,1-4H3. The monoisotopic (exact) mass is 240 g/mol. The Morgan fingerprint density at radius 2 is 2.06 bits per heavy atom. The van der Waals surface area contributed by atoms with Crippen LogP contribution in [0.25, 0.3) is 0 Å². The predicted octanol–water partition coefficient (Wildman–Crippen LogP) is 2.57. The van der Waals surface area contributed by atoms with E-state index in [1.54, 1.807) is 18.7 Å². The predicted molar refractivity (Wildman–Crippen MR) is 69.4 cm³/mol. The molecule has 1 aromatic rings. The fourth-order valence-corrected chi connectivity index (χ4v) is 2.28. The van der Waals surface area contributed by atoms with Crippen LogP contribution in [-0.2, 0) is 19.4 Å². The number of Topliss-reactive ketones (excluding diaryl/α,β-unsaturated/α-hetero) is 1. The Hall–Kier alpha value is -0.770. The zero-order valence-corrected chi connectivity index (χ0v) is 11.4. The molecule has 0 atom stereocenters. The molecule has 16 heavy (non-hydrogen) atoms. The number of rotatable bonds is 6. The molecule has 0 aliphatic heterocycles. The first-order chi connectivity index (χ1) is 7.65. The van der Waals surface area contributed by atoms with Gasteiger partial charge in [0.25, 0.3) is 0 Å². The Kier molecular flexibility index (Phi) is 5.06. The third-order valence-corrected chi connectivity index (χ3v) is 3.25. The molecule has 0 aromatic carbocycles. The number of thioether (sulfide) groups is 1. The molecule has 0 saturated carbocycles. The summed E-state index contributed by atoms with van der Waals surface area (Å²) in [6.45, 7) is 6.66. The normalized spacial score (nSPS) is 10.8. The lowest BCUT2D eigenvalue weighted by atomic mass is 10.1. The fraction of sp³-hybridized carbons (Fsp3) is 0.667. The first-order valence-corrected chi connectivity index (χ1v) is 7.13. The lowest BCUT2D eigenvalue weighted by Crippen LogP contribution is -2.08. The maximum atomic E-state index is 11.6. The number of hydrogen-bond acceptors (Lipinski definition) is 3. The first kappa shape index (κ1) is 13.3. The van der Waals surface area contributed by atoms with Gasteiger partial charge in [-0.25, -0.2) is 0 Å². The number of aromatic nitrogens is 2. The highest BCUT2D eigenvalue weighted by Crippen LogP contribution is 2.17. The van der Waals surface area contributed by atoms with Crippen molar-refractivity contribution in [3.8, 4) is 0 Å². The van der Waals surface area contributed by atoms with Gasteiger partial charge in [-0.3, -0.25) is 9.48 Å². The highest BCUT2D eigenvalue weighted by atomic mass is 32.2. The first-order valence-electron chi connectivity index (χ1n) is 5.74. The van der Waals surface area contributed by atoms with Gasteiger partial charge in [-0.2, -0.15) is 16.9 Å². The maximum absolute atomic E-state index is 11.6. The smallest absolute Gasteiger partial charge is 0.163 e. The van der Waals surface area contributed by atoms with Crippen molar-refractivity contribution in [2.45, 2.75) is 40.2 Å². The van der Waals surface area contributed by atoms with Crippen molar-refractivity contribution in [2.24, 2.45) is 0 Å². The Bertz CT molecular complexity index is 371. The van der Waals surface area contributed by atoms with Crippen LogP contribution >= 0.6 is 11.8 Å². The van der Waals surface area contributed by atoms with Gasteiger partial charge in [0.05, 0.1) is 17.8 Å². The minimum absolute atomic E-state index is 0.143. The molecule has 0 N–H and O–H groups in total.